The van der Waals surface area contributed by atoms with E-state index in [1.165, 1.54) is 54.6 Å². The second-order valence-electron chi connectivity index (χ2n) is 13.7. The van der Waals surface area contributed by atoms with Gasteiger partial charge in [-0.25, -0.2) is 9.97 Å². The number of fused-ring (bicyclic) bond motifs is 7. The summed E-state index contributed by atoms with van der Waals surface area (Å²) in [5, 5.41) is 8.63. The minimum absolute atomic E-state index is 0.864. The molecule has 0 aliphatic heterocycles. The highest BCUT2D eigenvalue weighted by Gasteiger charge is 2.19. The van der Waals surface area contributed by atoms with Gasteiger partial charge in [0, 0.05) is 11.1 Å². The summed E-state index contributed by atoms with van der Waals surface area (Å²) in [5.41, 5.74) is 13.0. The number of para-hydroxylation sites is 3. The molecular formula is C50H31N3. The van der Waals surface area contributed by atoms with Crippen LogP contribution >= 0.6 is 0 Å². The highest BCUT2D eigenvalue weighted by Crippen LogP contribution is 2.45. The monoisotopic (exact) mass is 673 g/mol. The first-order chi connectivity index (χ1) is 26.3. The molecule has 53 heavy (non-hydrogen) atoms. The number of benzene rings is 9. The van der Waals surface area contributed by atoms with Gasteiger partial charge in [-0.3, -0.25) is 4.57 Å². The quantitative estimate of drug-likeness (QED) is 0.174. The smallest absolute Gasteiger partial charge is 0.165 e. The standard InChI is InChI=1S/C50H31N3/c1-2-15-36(16-3-1)53-46-30-29-35(31-43(46)49-50(53)52-45-24-11-10-23-44(45)51-49)32-25-27-34(28-26-32)47-39-18-6-8-20-41(39)48(42-21-9-7-19-40(42)47)38-22-12-14-33-13-4-5-17-37(33)38/h1-31H. The summed E-state index contributed by atoms with van der Waals surface area (Å²) in [7, 11) is 0. The normalized spacial score (nSPS) is 11.8. The zero-order chi connectivity index (χ0) is 34.9. The fraction of sp³-hybridized carbons (Fsp3) is 0. The molecule has 0 N–H and O–H groups in total. The summed E-state index contributed by atoms with van der Waals surface area (Å²) >= 11 is 0. The van der Waals surface area contributed by atoms with Gasteiger partial charge in [0.15, 0.2) is 5.65 Å². The van der Waals surface area contributed by atoms with Crippen molar-refractivity contribution >= 4 is 65.4 Å². The number of hydrogen-bond acceptors (Lipinski definition) is 2. The highest BCUT2D eigenvalue weighted by atomic mass is 15.1. The SMILES string of the molecule is c1ccc(-n2c3ccc(-c4ccc(-c5c6ccccc6c(-c6cccc7ccccc67)c6ccccc56)cc4)cc3c3nc4ccccc4nc32)cc1. The highest BCUT2D eigenvalue weighted by molar-refractivity contribution is 6.23. The maximum absolute atomic E-state index is 5.16. The Balaban J connectivity index is 1.09. The minimum Gasteiger partial charge on any atom is -0.293 e. The van der Waals surface area contributed by atoms with Gasteiger partial charge in [-0.15, -0.1) is 0 Å². The van der Waals surface area contributed by atoms with Crippen molar-refractivity contribution in [1.29, 1.82) is 0 Å². The topological polar surface area (TPSA) is 30.7 Å². The Morgan fingerprint density at radius 2 is 0.906 bits per heavy atom. The molecule has 0 bridgehead atoms. The van der Waals surface area contributed by atoms with Crippen LogP contribution in [0.5, 0.6) is 0 Å². The molecule has 0 fully saturated rings. The molecule has 0 saturated heterocycles. The molecule has 0 atom stereocenters. The van der Waals surface area contributed by atoms with Gasteiger partial charge in [0.25, 0.3) is 0 Å². The molecule has 0 spiro atoms. The van der Waals surface area contributed by atoms with Crippen LogP contribution in [0.25, 0.3) is 104 Å². The largest absolute Gasteiger partial charge is 0.293 e. The second-order valence-corrected chi connectivity index (χ2v) is 13.7. The van der Waals surface area contributed by atoms with E-state index in [-0.39, 0.29) is 0 Å². The first-order valence-electron chi connectivity index (χ1n) is 18.1. The Morgan fingerprint density at radius 3 is 1.62 bits per heavy atom. The van der Waals surface area contributed by atoms with Crippen LogP contribution in [0.2, 0.25) is 0 Å². The summed E-state index contributed by atoms with van der Waals surface area (Å²) in [6.07, 6.45) is 0. The van der Waals surface area contributed by atoms with E-state index < -0.39 is 0 Å². The van der Waals surface area contributed by atoms with E-state index >= 15 is 0 Å². The van der Waals surface area contributed by atoms with Crippen LogP contribution in [0, 0.1) is 0 Å². The van der Waals surface area contributed by atoms with Gasteiger partial charge < -0.3 is 0 Å². The molecule has 2 aromatic heterocycles. The van der Waals surface area contributed by atoms with Gasteiger partial charge in [-0.2, -0.15) is 0 Å². The molecule has 0 saturated carbocycles. The van der Waals surface area contributed by atoms with E-state index in [2.05, 4.69) is 162 Å². The van der Waals surface area contributed by atoms with Crippen molar-refractivity contribution < 1.29 is 0 Å². The van der Waals surface area contributed by atoms with E-state index in [4.69, 9.17) is 9.97 Å². The van der Waals surface area contributed by atoms with Crippen LogP contribution in [0.15, 0.2) is 188 Å². The van der Waals surface area contributed by atoms with Gasteiger partial charge in [0.2, 0.25) is 0 Å². The average molecular weight is 674 g/mol. The van der Waals surface area contributed by atoms with Gasteiger partial charge >= 0.3 is 0 Å². The molecule has 0 radical (unpaired) electrons. The van der Waals surface area contributed by atoms with E-state index in [0.717, 1.165) is 49.9 Å². The maximum Gasteiger partial charge on any atom is 0.165 e. The molecule has 9 aromatic carbocycles. The Labute approximate surface area is 306 Å². The minimum atomic E-state index is 0.864. The molecule has 0 unspecified atom stereocenters. The third-order valence-corrected chi connectivity index (χ3v) is 10.8. The summed E-state index contributed by atoms with van der Waals surface area (Å²) in [5.74, 6) is 0. The Kier molecular flexibility index (Phi) is 6.55. The zero-order valence-corrected chi connectivity index (χ0v) is 28.7. The Hall–Kier alpha value is -7.10. The summed E-state index contributed by atoms with van der Waals surface area (Å²) < 4.78 is 2.23. The van der Waals surface area contributed by atoms with Crippen molar-refractivity contribution in [2.75, 3.05) is 0 Å². The van der Waals surface area contributed by atoms with Crippen LogP contribution in [-0.4, -0.2) is 14.5 Å². The van der Waals surface area contributed by atoms with Crippen LogP contribution in [0.1, 0.15) is 0 Å². The molecule has 11 rings (SSSR count). The van der Waals surface area contributed by atoms with E-state index in [1.807, 2.05) is 30.3 Å². The van der Waals surface area contributed by atoms with Crippen LogP contribution in [-0.2, 0) is 0 Å². The van der Waals surface area contributed by atoms with Crippen molar-refractivity contribution in [3.8, 4) is 39.1 Å². The molecule has 3 nitrogen and oxygen atoms in total. The predicted octanol–water partition coefficient (Wildman–Crippen LogP) is 13.2. The van der Waals surface area contributed by atoms with E-state index in [1.54, 1.807) is 0 Å². The van der Waals surface area contributed by atoms with Crippen molar-refractivity contribution in [1.82, 2.24) is 14.5 Å². The number of hydrogen-bond donors (Lipinski definition) is 0. The number of rotatable bonds is 4. The van der Waals surface area contributed by atoms with Crippen molar-refractivity contribution in [2.24, 2.45) is 0 Å². The van der Waals surface area contributed by atoms with Crippen LogP contribution in [0.4, 0.5) is 0 Å². The van der Waals surface area contributed by atoms with E-state index in [9.17, 15) is 0 Å². The lowest BCUT2D eigenvalue weighted by Gasteiger charge is -2.19. The molecular weight excluding hydrogens is 643 g/mol. The van der Waals surface area contributed by atoms with Crippen molar-refractivity contribution in [3.63, 3.8) is 0 Å². The summed E-state index contributed by atoms with van der Waals surface area (Å²) in [6, 6.07) is 67.5. The zero-order valence-electron chi connectivity index (χ0n) is 28.7. The number of nitrogens with zero attached hydrogens (tertiary/aromatic N) is 3. The predicted molar refractivity (Wildman–Crippen MR) is 223 cm³/mol. The average Bonchev–Trinajstić information content (AvgIpc) is 3.54. The lowest BCUT2D eigenvalue weighted by atomic mass is 9.84. The molecule has 0 amide bonds. The van der Waals surface area contributed by atoms with Gasteiger partial charge in [-0.1, -0.05) is 152 Å². The molecule has 2 heterocycles. The van der Waals surface area contributed by atoms with Crippen LogP contribution < -0.4 is 0 Å². The second kappa shape index (κ2) is 11.7. The fourth-order valence-corrected chi connectivity index (χ4v) is 8.38. The third-order valence-electron chi connectivity index (χ3n) is 10.8. The van der Waals surface area contributed by atoms with Gasteiger partial charge in [-0.05, 0) is 102 Å². The summed E-state index contributed by atoms with van der Waals surface area (Å²) in [4.78, 5) is 10.3. The van der Waals surface area contributed by atoms with E-state index in [0.29, 0.717) is 0 Å². The number of aromatic nitrogens is 3. The lowest BCUT2D eigenvalue weighted by Crippen LogP contribution is -1.96. The Bertz CT molecular complexity index is 3150. The molecule has 3 heteroatoms. The first kappa shape index (κ1) is 29.6. The molecule has 0 aliphatic rings. The van der Waals surface area contributed by atoms with Gasteiger partial charge in [0.05, 0.1) is 16.6 Å². The van der Waals surface area contributed by atoms with Crippen LogP contribution in [0.3, 0.4) is 0 Å². The molecule has 0 aliphatic carbocycles. The molecule has 11 aromatic rings. The third kappa shape index (κ3) is 4.61. The van der Waals surface area contributed by atoms with Crippen molar-refractivity contribution in [3.05, 3.63) is 188 Å². The maximum atomic E-state index is 5.16. The Morgan fingerprint density at radius 1 is 0.358 bits per heavy atom. The summed E-state index contributed by atoms with van der Waals surface area (Å²) in [6.45, 7) is 0. The molecule has 246 valence electrons. The fourth-order valence-electron chi connectivity index (χ4n) is 8.38. The lowest BCUT2D eigenvalue weighted by molar-refractivity contribution is 1.14. The van der Waals surface area contributed by atoms with Gasteiger partial charge in [0.1, 0.15) is 5.52 Å². The van der Waals surface area contributed by atoms with Crippen molar-refractivity contribution in [2.45, 2.75) is 0 Å². The first-order valence-corrected chi connectivity index (χ1v) is 18.1.